The third kappa shape index (κ3) is 7.26. The Balaban J connectivity index is 1.67. The molecule has 0 spiro atoms. The molecular formula is C40H59O8P. The Bertz CT molecular complexity index is 1680. The monoisotopic (exact) mass is 698 g/mol. The van der Waals surface area contributed by atoms with Crippen LogP contribution in [0.15, 0.2) is 32.7 Å². The molecule has 0 saturated carbocycles. The van der Waals surface area contributed by atoms with Gasteiger partial charge in [0.15, 0.2) is 17.9 Å². The fraction of sp³-hybridized carbons (Fsp3) is 0.700. The number of hydrogen-bond donors (Lipinski definition) is 0. The number of benzene rings is 2. The van der Waals surface area contributed by atoms with Gasteiger partial charge in [0, 0.05) is 21.9 Å². The molecule has 3 aliphatic rings. The Labute approximate surface area is 294 Å². The molecule has 4 heterocycles. The van der Waals surface area contributed by atoms with E-state index in [1.54, 1.807) is 0 Å². The van der Waals surface area contributed by atoms with Crippen molar-refractivity contribution < 1.29 is 36.6 Å². The third-order valence-electron chi connectivity index (χ3n) is 9.78. The second-order valence-corrected chi connectivity index (χ2v) is 20.2. The van der Waals surface area contributed by atoms with Gasteiger partial charge in [0.2, 0.25) is 0 Å². The van der Waals surface area contributed by atoms with Gasteiger partial charge in [0.25, 0.3) is 0 Å². The van der Waals surface area contributed by atoms with Crippen molar-refractivity contribution in [2.24, 2.45) is 0 Å². The summed E-state index contributed by atoms with van der Waals surface area (Å²) in [5, 5.41) is 2.04. The predicted octanol–water partition coefficient (Wildman–Crippen LogP) is 10.3. The average molecular weight is 699 g/mol. The molecule has 3 fully saturated rings. The van der Waals surface area contributed by atoms with Crippen LogP contribution in [-0.4, -0.2) is 48.9 Å². The standard InChI is InChI=1S/C40H59O8P/c1-35(2,3)22-17-24-25-18-23(36(4,5)6)20-27(38(10,11)12)30(25)47-49(46-29(24)26(19-22)37(7,8)9)48-32-31(28-21-41-39(13,14)43-28)42-34-33(32)44-40(15,16)45-34/h17-20,28,31-34H,21H2,1-16H3/t28?,31-,32+,33-,34-/m1/s1. The normalized spacial score (nSPS) is 27.3. The second-order valence-electron chi connectivity index (χ2n) is 19.2. The molecular weight excluding hydrogens is 639 g/mol. The first kappa shape index (κ1) is 36.9. The lowest BCUT2D eigenvalue weighted by Gasteiger charge is -2.28. The van der Waals surface area contributed by atoms with E-state index in [0.29, 0.717) is 6.61 Å². The molecule has 2 aromatic carbocycles. The van der Waals surface area contributed by atoms with Crippen LogP contribution in [0.3, 0.4) is 0 Å². The number of ether oxygens (including phenoxy) is 5. The van der Waals surface area contributed by atoms with Crippen LogP contribution in [0.2, 0.25) is 0 Å². The van der Waals surface area contributed by atoms with Gasteiger partial charge in [-0.3, -0.25) is 4.52 Å². The summed E-state index contributed by atoms with van der Waals surface area (Å²) in [4.78, 5) is 0. The van der Waals surface area contributed by atoms with Crippen LogP contribution in [0.5, 0.6) is 0 Å². The average Bonchev–Trinajstić information content (AvgIpc) is 3.50. The first-order valence-electron chi connectivity index (χ1n) is 17.8. The Morgan fingerprint density at radius 2 is 1.10 bits per heavy atom. The molecule has 3 saturated heterocycles. The topological polar surface area (TPSA) is 81.7 Å². The van der Waals surface area contributed by atoms with E-state index in [2.05, 4.69) is 107 Å². The third-order valence-corrected chi connectivity index (χ3v) is 10.9. The van der Waals surface area contributed by atoms with Crippen LogP contribution in [-0.2, 0) is 45.3 Å². The van der Waals surface area contributed by atoms with Crippen molar-refractivity contribution in [3.05, 3.63) is 46.5 Å². The van der Waals surface area contributed by atoms with E-state index >= 15 is 0 Å². The summed E-state index contributed by atoms with van der Waals surface area (Å²) in [6.45, 7) is 34.9. The fourth-order valence-corrected chi connectivity index (χ4v) is 8.20. The van der Waals surface area contributed by atoms with Crippen LogP contribution in [0.1, 0.15) is 133 Å². The predicted molar refractivity (Wildman–Crippen MR) is 195 cm³/mol. The minimum Gasteiger partial charge on any atom is -0.399 e. The zero-order valence-electron chi connectivity index (χ0n) is 32.6. The van der Waals surface area contributed by atoms with Crippen LogP contribution in [0.4, 0.5) is 0 Å². The van der Waals surface area contributed by atoms with E-state index in [0.717, 1.165) is 33.1 Å². The van der Waals surface area contributed by atoms with Gasteiger partial charge in [-0.2, -0.15) is 0 Å². The van der Waals surface area contributed by atoms with Gasteiger partial charge in [0.05, 0.1) is 6.61 Å². The van der Waals surface area contributed by atoms with Gasteiger partial charge in [-0.1, -0.05) is 95.2 Å². The molecule has 5 atom stereocenters. The Kier molecular flexibility index (Phi) is 8.89. The summed E-state index contributed by atoms with van der Waals surface area (Å²) in [5.41, 5.74) is 5.61. The quantitative estimate of drug-likeness (QED) is 0.267. The maximum absolute atomic E-state index is 7.07. The molecule has 49 heavy (non-hydrogen) atoms. The molecule has 3 aromatic rings. The fourth-order valence-electron chi connectivity index (χ4n) is 6.95. The molecule has 6 rings (SSSR count). The van der Waals surface area contributed by atoms with Gasteiger partial charge in [0.1, 0.15) is 35.6 Å². The largest absolute Gasteiger partial charge is 0.399 e. The SMILES string of the molecule is CC1(C)OCC([C@H]2O[C@@H]3OC(C)(C)O[C@@H]3[C@H]2Op2oc3c(C(C)(C)C)cc(C(C)(C)C)cc3c3cc(C(C)(C)C)cc(C(C)(C)C)c3o2)O1. The number of fused-ring (bicyclic) bond motifs is 4. The second kappa shape index (κ2) is 11.8. The van der Waals surface area contributed by atoms with Crippen LogP contribution >= 0.6 is 8.24 Å². The first-order chi connectivity index (χ1) is 22.2. The first-order valence-corrected chi connectivity index (χ1v) is 18.9. The Hall–Kier alpha value is -1.90. The van der Waals surface area contributed by atoms with Gasteiger partial charge >= 0.3 is 8.24 Å². The zero-order valence-corrected chi connectivity index (χ0v) is 33.5. The Morgan fingerprint density at radius 3 is 1.51 bits per heavy atom. The van der Waals surface area contributed by atoms with Crippen molar-refractivity contribution in [1.29, 1.82) is 0 Å². The van der Waals surface area contributed by atoms with Crippen LogP contribution < -0.4 is 4.52 Å². The van der Waals surface area contributed by atoms with Gasteiger partial charge in [-0.15, -0.1) is 0 Å². The summed E-state index contributed by atoms with van der Waals surface area (Å²) in [5.74, 6) is -1.58. The highest BCUT2D eigenvalue weighted by Crippen LogP contribution is 2.48. The lowest BCUT2D eigenvalue weighted by molar-refractivity contribution is -0.228. The maximum Gasteiger partial charge on any atom is 0.387 e. The molecule has 1 unspecified atom stereocenters. The van der Waals surface area contributed by atoms with Crippen molar-refractivity contribution in [3.63, 3.8) is 0 Å². The highest BCUT2D eigenvalue weighted by atomic mass is 31.1. The molecule has 272 valence electrons. The Morgan fingerprint density at radius 1 is 0.612 bits per heavy atom. The summed E-state index contributed by atoms with van der Waals surface area (Å²) < 4.78 is 52.6. The van der Waals surface area contributed by atoms with Gasteiger partial charge in [-0.25, -0.2) is 0 Å². The van der Waals surface area contributed by atoms with Gasteiger partial charge in [-0.05, 0) is 72.6 Å². The minimum atomic E-state index is -2.02. The minimum absolute atomic E-state index is 0.0920. The van der Waals surface area contributed by atoms with E-state index in [1.165, 1.54) is 11.1 Å². The molecule has 0 radical (unpaired) electrons. The highest BCUT2D eigenvalue weighted by molar-refractivity contribution is 7.31. The zero-order chi connectivity index (χ0) is 36.3. The van der Waals surface area contributed by atoms with E-state index in [9.17, 15) is 0 Å². The van der Waals surface area contributed by atoms with Crippen LogP contribution in [0.25, 0.3) is 21.9 Å². The molecule has 3 aliphatic heterocycles. The van der Waals surface area contributed by atoms with E-state index in [1.807, 2.05) is 27.7 Å². The van der Waals surface area contributed by atoms with Crippen molar-refractivity contribution in [3.8, 4) is 0 Å². The molecule has 0 N–H and O–H groups in total. The van der Waals surface area contributed by atoms with Crippen molar-refractivity contribution in [2.75, 3.05) is 6.61 Å². The van der Waals surface area contributed by atoms with Gasteiger partial charge < -0.3 is 32.1 Å². The molecule has 8 nitrogen and oxygen atoms in total. The number of hydrogen-bond acceptors (Lipinski definition) is 8. The maximum atomic E-state index is 7.07. The van der Waals surface area contributed by atoms with Crippen LogP contribution in [0, 0.1) is 0 Å². The lowest BCUT2D eigenvalue weighted by Crippen LogP contribution is -2.45. The molecule has 0 bridgehead atoms. The molecule has 0 amide bonds. The number of rotatable bonds is 3. The van der Waals surface area contributed by atoms with E-state index in [-0.39, 0.29) is 27.8 Å². The summed E-state index contributed by atoms with van der Waals surface area (Å²) in [6.07, 6.45) is -2.66. The molecule has 0 aliphatic carbocycles. The summed E-state index contributed by atoms with van der Waals surface area (Å²) in [6, 6.07) is 9.19. The molecule has 9 heteroatoms. The summed E-state index contributed by atoms with van der Waals surface area (Å²) >= 11 is 0. The van der Waals surface area contributed by atoms with E-state index in [4.69, 9.17) is 36.6 Å². The van der Waals surface area contributed by atoms with Crippen molar-refractivity contribution in [1.82, 2.24) is 0 Å². The van der Waals surface area contributed by atoms with E-state index < -0.39 is 44.4 Å². The van der Waals surface area contributed by atoms with Crippen molar-refractivity contribution >= 4 is 30.2 Å². The smallest absolute Gasteiger partial charge is 0.387 e. The highest BCUT2D eigenvalue weighted by Gasteiger charge is 2.59. The summed E-state index contributed by atoms with van der Waals surface area (Å²) in [7, 11) is -2.02. The molecule has 1 aromatic heterocycles. The van der Waals surface area contributed by atoms with Crippen molar-refractivity contribution in [2.45, 2.75) is 175 Å². The lowest BCUT2D eigenvalue weighted by atomic mass is 9.77.